The summed E-state index contributed by atoms with van der Waals surface area (Å²) in [5.41, 5.74) is 0.888. The zero-order valence-corrected chi connectivity index (χ0v) is 11.1. The minimum Gasteiger partial charge on any atom is -0.492 e. The number of hydrogen-bond donors (Lipinski definition) is 1. The molecule has 0 bridgehead atoms. The Hall–Kier alpha value is -1.50. The van der Waals surface area contributed by atoms with Crippen LogP contribution in [0.2, 0.25) is 0 Å². The molecule has 0 saturated heterocycles. The van der Waals surface area contributed by atoms with E-state index in [2.05, 4.69) is 30.7 Å². The molecule has 0 fully saturated rings. The van der Waals surface area contributed by atoms with Gasteiger partial charge in [-0.15, -0.1) is 0 Å². The van der Waals surface area contributed by atoms with Crippen molar-refractivity contribution >= 4 is 0 Å². The molecule has 0 saturated carbocycles. The summed E-state index contributed by atoms with van der Waals surface area (Å²) in [6.45, 7) is 4.78. The monoisotopic (exact) mass is 247 g/mol. The van der Waals surface area contributed by atoms with Crippen LogP contribution in [-0.2, 0) is 0 Å². The first-order valence-electron chi connectivity index (χ1n) is 6.27. The van der Waals surface area contributed by atoms with Gasteiger partial charge in [-0.3, -0.25) is 0 Å². The number of hydrogen-bond acceptors (Lipinski definition) is 3. The number of aliphatic hydroxyl groups excluding tert-OH is 1. The maximum Gasteiger partial charge on any atom is 0.119 e. The quantitative estimate of drug-likeness (QED) is 0.777. The van der Waals surface area contributed by atoms with Crippen LogP contribution in [0.1, 0.15) is 18.9 Å². The standard InChI is InChI=1S/C15H21NO2/c1-3-10-16(2)11-13-18-15-8-6-14(7-9-15)5-4-12-17/h6-9,17H,3,10-13H2,1-2H3. The van der Waals surface area contributed by atoms with Crippen molar-refractivity contribution < 1.29 is 9.84 Å². The molecule has 1 rings (SSSR count). The Morgan fingerprint density at radius 3 is 2.56 bits per heavy atom. The first-order chi connectivity index (χ1) is 8.76. The second-order valence-corrected chi connectivity index (χ2v) is 4.14. The zero-order valence-electron chi connectivity index (χ0n) is 11.1. The van der Waals surface area contributed by atoms with Gasteiger partial charge in [-0.2, -0.15) is 0 Å². The molecule has 0 aliphatic heterocycles. The highest BCUT2D eigenvalue weighted by molar-refractivity contribution is 5.38. The van der Waals surface area contributed by atoms with E-state index in [1.165, 1.54) is 0 Å². The summed E-state index contributed by atoms with van der Waals surface area (Å²) in [5, 5.41) is 8.59. The van der Waals surface area contributed by atoms with Gasteiger partial charge in [-0.05, 0) is 44.3 Å². The number of rotatable bonds is 6. The summed E-state index contributed by atoms with van der Waals surface area (Å²) in [6.07, 6.45) is 1.16. The molecule has 1 aromatic carbocycles. The van der Waals surface area contributed by atoms with Gasteiger partial charge < -0.3 is 14.7 Å². The summed E-state index contributed by atoms with van der Waals surface area (Å²) in [7, 11) is 2.10. The van der Waals surface area contributed by atoms with Gasteiger partial charge in [0.05, 0.1) is 0 Å². The lowest BCUT2D eigenvalue weighted by molar-refractivity contribution is 0.237. The fourth-order valence-electron chi connectivity index (χ4n) is 1.59. The van der Waals surface area contributed by atoms with Crippen molar-refractivity contribution in [3.05, 3.63) is 29.8 Å². The summed E-state index contributed by atoms with van der Waals surface area (Å²) in [6, 6.07) is 7.60. The molecule has 0 aliphatic rings. The van der Waals surface area contributed by atoms with Gasteiger partial charge in [0.1, 0.15) is 19.0 Å². The third-order valence-corrected chi connectivity index (χ3v) is 2.51. The van der Waals surface area contributed by atoms with Gasteiger partial charge in [-0.25, -0.2) is 0 Å². The summed E-state index contributed by atoms with van der Waals surface area (Å²) >= 11 is 0. The van der Waals surface area contributed by atoms with Gasteiger partial charge in [0, 0.05) is 12.1 Å². The van der Waals surface area contributed by atoms with Crippen molar-refractivity contribution in [3.63, 3.8) is 0 Å². The predicted molar refractivity (Wildman–Crippen MR) is 73.7 cm³/mol. The molecule has 0 unspecified atom stereocenters. The third kappa shape index (κ3) is 5.72. The van der Waals surface area contributed by atoms with Crippen LogP contribution in [0.25, 0.3) is 0 Å². The Kier molecular flexibility index (Phi) is 6.93. The van der Waals surface area contributed by atoms with Crippen molar-refractivity contribution in [2.45, 2.75) is 13.3 Å². The molecule has 0 radical (unpaired) electrons. The Labute approximate surface area is 109 Å². The van der Waals surface area contributed by atoms with Gasteiger partial charge in [-0.1, -0.05) is 18.8 Å². The lowest BCUT2D eigenvalue weighted by atomic mass is 10.2. The minimum absolute atomic E-state index is 0.109. The molecule has 18 heavy (non-hydrogen) atoms. The maximum atomic E-state index is 8.59. The Balaban J connectivity index is 2.35. The number of ether oxygens (including phenoxy) is 1. The van der Waals surface area contributed by atoms with Crippen molar-refractivity contribution in [1.29, 1.82) is 0 Å². The van der Waals surface area contributed by atoms with Crippen LogP contribution in [0.15, 0.2) is 24.3 Å². The Morgan fingerprint density at radius 1 is 1.22 bits per heavy atom. The molecule has 3 heteroatoms. The molecule has 3 nitrogen and oxygen atoms in total. The lowest BCUT2D eigenvalue weighted by Crippen LogP contribution is -2.24. The van der Waals surface area contributed by atoms with E-state index in [4.69, 9.17) is 9.84 Å². The lowest BCUT2D eigenvalue weighted by Gasteiger charge is -2.15. The summed E-state index contributed by atoms with van der Waals surface area (Å²) in [4.78, 5) is 2.25. The average Bonchev–Trinajstić information content (AvgIpc) is 2.38. The second kappa shape index (κ2) is 8.57. The van der Waals surface area contributed by atoms with Gasteiger partial charge in [0.2, 0.25) is 0 Å². The van der Waals surface area contributed by atoms with E-state index in [0.29, 0.717) is 6.61 Å². The van der Waals surface area contributed by atoms with Crippen LogP contribution in [-0.4, -0.2) is 43.4 Å². The van der Waals surface area contributed by atoms with Crippen LogP contribution in [0, 0.1) is 11.8 Å². The fourth-order valence-corrected chi connectivity index (χ4v) is 1.59. The van der Waals surface area contributed by atoms with E-state index in [1.54, 1.807) is 0 Å². The minimum atomic E-state index is -0.109. The van der Waals surface area contributed by atoms with Crippen LogP contribution in [0.4, 0.5) is 0 Å². The van der Waals surface area contributed by atoms with Crippen molar-refractivity contribution in [2.75, 3.05) is 33.4 Å². The molecular formula is C15H21NO2. The first-order valence-corrected chi connectivity index (χ1v) is 6.27. The number of nitrogens with zero attached hydrogens (tertiary/aromatic N) is 1. The predicted octanol–water partition coefficient (Wildman–Crippen LogP) is 1.75. The molecule has 0 spiro atoms. The number of benzene rings is 1. The van der Waals surface area contributed by atoms with Crippen molar-refractivity contribution in [3.8, 4) is 17.6 Å². The van der Waals surface area contributed by atoms with Crippen LogP contribution >= 0.6 is 0 Å². The Morgan fingerprint density at radius 2 is 1.94 bits per heavy atom. The van der Waals surface area contributed by atoms with E-state index >= 15 is 0 Å². The van der Waals surface area contributed by atoms with Crippen LogP contribution in [0.5, 0.6) is 5.75 Å². The normalized spacial score (nSPS) is 10.0. The van der Waals surface area contributed by atoms with E-state index in [0.717, 1.165) is 30.8 Å². The number of aliphatic hydroxyl groups is 1. The maximum absolute atomic E-state index is 8.59. The van der Waals surface area contributed by atoms with E-state index in [9.17, 15) is 0 Å². The van der Waals surface area contributed by atoms with Gasteiger partial charge in [0.25, 0.3) is 0 Å². The van der Waals surface area contributed by atoms with Crippen molar-refractivity contribution in [2.24, 2.45) is 0 Å². The smallest absolute Gasteiger partial charge is 0.119 e. The highest BCUT2D eigenvalue weighted by Gasteiger charge is 1.97. The van der Waals surface area contributed by atoms with Crippen LogP contribution < -0.4 is 4.74 Å². The van der Waals surface area contributed by atoms with Gasteiger partial charge >= 0.3 is 0 Å². The molecule has 0 aliphatic carbocycles. The molecule has 98 valence electrons. The fraction of sp³-hybridized carbons (Fsp3) is 0.467. The first kappa shape index (κ1) is 14.6. The SMILES string of the molecule is CCCN(C)CCOc1ccc(C#CCO)cc1. The summed E-state index contributed by atoms with van der Waals surface area (Å²) < 4.78 is 5.64. The Bertz CT molecular complexity index is 389. The third-order valence-electron chi connectivity index (χ3n) is 2.51. The second-order valence-electron chi connectivity index (χ2n) is 4.14. The number of likely N-dealkylation sites (N-methyl/N-ethyl adjacent to an activating group) is 1. The molecule has 0 heterocycles. The molecular weight excluding hydrogens is 226 g/mol. The topological polar surface area (TPSA) is 32.7 Å². The van der Waals surface area contributed by atoms with Crippen molar-refractivity contribution in [1.82, 2.24) is 4.90 Å². The molecule has 0 atom stereocenters. The average molecular weight is 247 g/mol. The molecule has 0 aromatic heterocycles. The van der Waals surface area contributed by atoms with Crippen LogP contribution in [0.3, 0.4) is 0 Å². The van der Waals surface area contributed by atoms with E-state index in [-0.39, 0.29) is 6.61 Å². The highest BCUT2D eigenvalue weighted by atomic mass is 16.5. The van der Waals surface area contributed by atoms with Gasteiger partial charge in [0.15, 0.2) is 0 Å². The van der Waals surface area contributed by atoms with E-state index < -0.39 is 0 Å². The molecule has 1 N–H and O–H groups in total. The van der Waals surface area contributed by atoms with E-state index in [1.807, 2.05) is 24.3 Å². The highest BCUT2D eigenvalue weighted by Crippen LogP contribution is 2.11. The summed E-state index contributed by atoms with van der Waals surface area (Å²) in [5.74, 6) is 6.32. The molecule has 0 amide bonds. The zero-order chi connectivity index (χ0) is 13.2. The largest absolute Gasteiger partial charge is 0.492 e. The molecule has 1 aromatic rings.